The van der Waals surface area contributed by atoms with Crippen molar-refractivity contribution in [2.45, 2.75) is 19.4 Å². The molecule has 2 aliphatic heterocycles. The van der Waals surface area contributed by atoms with Gasteiger partial charge in [-0.25, -0.2) is 0 Å². The molecular formula is C13H16N2O. The van der Waals surface area contributed by atoms with Crippen molar-refractivity contribution in [1.29, 1.82) is 0 Å². The van der Waals surface area contributed by atoms with Gasteiger partial charge >= 0.3 is 0 Å². The van der Waals surface area contributed by atoms with E-state index in [-0.39, 0.29) is 5.91 Å². The predicted octanol–water partition coefficient (Wildman–Crippen LogP) is 1.28. The van der Waals surface area contributed by atoms with Gasteiger partial charge in [0.05, 0.1) is 6.04 Å². The van der Waals surface area contributed by atoms with Crippen molar-refractivity contribution in [3.05, 3.63) is 29.8 Å². The zero-order valence-corrected chi connectivity index (χ0v) is 9.52. The molecule has 0 N–H and O–H groups in total. The van der Waals surface area contributed by atoms with Gasteiger partial charge in [0.1, 0.15) is 0 Å². The molecule has 1 saturated heterocycles. The summed E-state index contributed by atoms with van der Waals surface area (Å²) in [5.74, 6) is 0.212. The van der Waals surface area contributed by atoms with Crippen molar-refractivity contribution < 1.29 is 4.79 Å². The van der Waals surface area contributed by atoms with E-state index in [9.17, 15) is 4.79 Å². The molecule has 1 unspecified atom stereocenters. The second-order valence-electron chi connectivity index (χ2n) is 4.65. The number of piperazine rings is 1. The number of hydrogen-bond donors (Lipinski definition) is 0. The highest BCUT2D eigenvalue weighted by Gasteiger charge is 2.33. The first kappa shape index (κ1) is 9.70. The van der Waals surface area contributed by atoms with Crippen molar-refractivity contribution in [1.82, 2.24) is 4.90 Å². The van der Waals surface area contributed by atoms with Crippen molar-refractivity contribution in [3.63, 3.8) is 0 Å². The Morgan fingerprint density at radius 3 is 2.94 bits per heavy atom. The fraction of sp³-hybridized carbons (Fsp3) is 0.462. The summed E-state index contributed by atoms with van der Waals surface area (Å²) in [7, 11) is 0. The average molecular weight is 216 g/mol. The summed E-state index contributed by atoms with van der Waals surface area (Å²) in [5.41, 5.74) is 2.74. The van der Waals surface area contributed by atoms with E-state index < -0.39 is 0 Å². The van der Waals surface area contributed by atoms with Gasteiger partial charge in [-0.15, -0.1) is 0 Å². The van der Waals surface area contributed by atoms with Gasteiger partial charge in [-0.2, -0.15) is 0 Å². The van der Waals surface area contributed by atoms with E-state index in [1.165, 1.54) is 11.3 Å². The van der Waals surface area contributed by atoms with Crippen molar-refractivity contribution >= 4 is 11.6 Å². The number of rotatable bonds is 0. The molecule has 2 heterocycles. The summed E-state index contributed by atoms with van der Waals surface area (Å²) in [6.07, 6.45) is 1.01. The minimum absolute atomic E-state index is 0.212. The minimum atomic E-state index is 0.212. The third kappa shape index (κ3) is 1.39. The van der Waals surface area contributed by atoms with Gasteiger partial charge in [0.15, 0.2) is 0 Å². The highest BCUT2D eigenvalue weighted by Crippen LogP contribution is 2.31. The highest BCUT2D eigenvalue weighted by atomic mass is 16.2. The van der Waals surface area contributed by atoms with Crippen LogP contribution in [0.15, 0.2) is 24.3 Å². The van der Waals surface area contributed by atoms with Gasteiger partial charge < -0.3 is 9.80 Å². The molecule has 0 aliphatic carbocycles. The average Bonchev–Trinajstić information content (AvgIpc) is 2.29. The van der Waals surface area contributed by atoms with Crippen LogP contribution < -0.4 is 4.90 Å². The topological polar surface area (TPSA) is 23.6 Å². The molecule has 3 nitrogen and oxygen atoms in total. The Labute approximate surface area is 95.7 Å². The quantitative estimate of drug-likeness (QED) is 0.652. The fourth-order valence-electron chi connectivity index (χ4n) is 2.91. The summed E-state index contributed by atoms with van der Waals surface area (Å²) in [6, 6.07) is 8.92. The highest BCUT2D eigenvalue weighted by molar-refractivity contribution is 5.74. The number of carbonyl (C=O) groups excluding carboxylic acids is 1. The first-order valence-corrected chi connectivity index (χ1v) is 5.86. The maximum atomic E-state index is 11.5. The molecule has 0 saturated carbocycles. The van der Waals surface area contributed by atoms with Crippen LogP contribution in [0.4, 0.5) is 5.69 Å². The molecular weight excluding hydrogens is 200 g/mol. The summed E-state index contributed by atoms with van der Waals surface area (Å²) >= 11 is 0. The molecule has 1 fully saturated rings. The number of para-hydroxylation sites is 1. The number of nitrogens with zero attached hydrogens (tertiary/aromatic N) is 2. The van der Waals surface area contributed by atoms with Crippen LogP contribution in [0.2, 0.25) is 0 Å². The largest absolute Gasteiger partial charge is 0.367 e. The van der Waals surface area contributed by atoms with Crippen molar-refractivity contribution in [2.24, 2.45) is 0 Å². The smallest absolute Gasteiger partial charge is 0.219 e. The molecule has 2 bridgehead atoms. The zero-order chi connectivity index (χ0) is 11.1. The van der Waals surface area contributed by atoms with Gasteiger partial charge in [-0.05, 0) is 18.1 Å². The summed E-state index contributed by atoms with van der Waals surface area (Å²) in [6.45, 7) is 4.51. The van der Waals surface area contributed by atoms with Crippen LogP contribution in [-0.2, 0) is 11.2 Å². The minimum Gasteiger partial charge on any atom is -0.367 e. The monoisotopic (exact) mass is 216 g/mol. The Morgan fingerprint density at radius 2 is 2.12 bits per heavy atom. The number of amides is 1. The van der Waals surface area contributed by atoms with Gasteiger partial charge in [0.25, 0.3) is 0 Å². The second kappa shape index (κ2) is 3.51. The third-order valence-electron chi connectivity index (χ3n) is 3.68. The molecule has 0 aromatic heterocycles. The van der Waals surface area contributed by atoms with Crippen LogP contribution in [0.3, 0.4) is 0 Å². The van der Waals surface area contributed by atoms with E-state index in [0.29, 0.717) is 6.04 Å². The van der Waals surface area contributed by atoms with Crippen LogP contribution in [0.1, 0.15) is 12.5 Å². The molecule has 1 aromatic rings. The molecule has 1 amide bonds. The maximum absolute atomic E-state index is 11.5. The van der Waals surface area contributed by atoms with Crippen LogP contribution in [0.5, 0.6) is 0 Å². The lowest BCUT2D eigenvalue weighted by molar-refractivity contribution is -0.131. The normalized spacial score (nSPS) is 22.9. The lowest BCUT2D eigenvalue weighted by atomic mass is 9.94. The van der Waals surface area contributed by atoms with Crippen LogP contribution in [0.25, 0.3) is 0 Å². The Morgan fingerprint density at radius 1 is 1.31 bits per heavy atom. The second-order valence-corrected chi connectivity index (χ2v) is 4.65. The number of hydrogen-bond acceptors (Lipinski definition) is 2. The van der Waals surface area contributed by atoms with Crippen LogP contribution in [0, 0.1) is 0 Å². The lowest BCUT2D eigenvalue weighted by Gasteiger charge is -2.46. The summed E-state index contributed by atoms with van der Waals surface area (Å²) < 4.78 is 0. The van der Waals surface area contributed by atoms with Gasteiger partial charge in [-0.1, -0.05) is 18.2 Å². The zero-order valence-electron chi connectivity index (χ0n) is 9.52. The molecule has 1 aromatic carbocycles. The summed E-state index contributed by atoms with van der Waals surface area (Å²) in [4.78, 5) is 15.9. The first-order chi connectivity index (χ1) is 7.75. The van der Waals surface area contributed by atoms with Crippen LogP contribution >= 0.6 is 0 Å². The summed E-state index contributed by atoms with van der Waals surface area (Å²) in [5, 5.41) is 0. The van der Waals surface area contributed by atoms with E-state index in [1.54, 1.807) is 6.92 Å². The molecule has 0 radical (unpaired) electrons. The molecule has 3 rings (SSSR count). The Balaban J connectivity index is 1.95. The number of benzene rings is 1. The van der Waals surface area contributed by atoms with Gasteiger partial charge in [-0.3, -0.25) is 4.79 Å². The predicted molar refractivity (Wildman–Crippen MR) is 63.5 cm³/mol. The standard InChI is InChI=1S/C13H16N2O/c1-10(16)15-7-6-14-9-12(15)8-11-4-2-3-5-13(11)14/h2-5,12H,6-9H2,1H3. The number of carbonyl (C=O) groups is 1. The number of fused-ring (bicyclic) bond motifs is 4. The fourth-order valence-corrected chi connectivity index (χ4v) is 2.91. The van der Waals surface area contributed by atoms with Crippen molar-refractivity contribution in [2.75, 3.05) is 24.5 Å². The molecule has 3 heteroatoms. The van der Waals surface area contributed by atoms with E-state index in [4.69, 9.17) is 0 Å². The van der Waals surface area contributed by atoms with Gasteiger partial charge in [0.2, 0.25) is 5.91 Å². The Kier molecular flexibility index (Phi) is 2.13. The van der Waals surface area contributed by atoms with Crippen LogP contribution in [-0.4, -0.2) is 36.5 Å². The van der Waals surface area contributed by atoms with Gasteiger partial charge in [0, 0.05) is 32.2 Å². The Bertz CT molecular complexity index is 430. The SMILES string of the molecule is CC(=O)N1CCN2CC1Cc1ccccc12. The molecule has 2 aliphatic rings. The molecule has 84 valence electrons. The molecule has 0 spiro atoms. The Hall–Kier alpha value is -1.51. The van der Waals surface area contributed by atoms with E-state index in [0.717, 1.165) is 26.1 Å². The lowest BCUT2D eigenvalue weighted by Crippen LogP contribution is -2.57. The van der Waals surface area contributed by atoms with E-state index in [2.05, 4.69) is 29.2 Å². The molecule has 1 atom stereocenters. The number of anilines is 1. The third-order valence-corrected chi connectivity index (χ3v) is 3.68. The van der Waals surface area contributed by atoms with E-state index in [1.807, 2.05) is 4.90 Å². The molecule has 16 heavy (non-hydrogen) atoms. The first-order valence-electron chi connectivity index (χ1n) is 5.86. The van der Waals surface area contributed by atoms with E-state index >= 15 is 0 Å². The van der Waals surface area contributed by atoms with Crippen molar-refractivity contribution in [3.8, 4) is 0 Å². The maximum Gasteiger partial charge on any atom is 0.219 e.